The van der Waals surface area contributed by atoms with Crippen molar-refractivity contribution in [1.29, 1.82) is 0 Å². The van der Waals surface area contributed by atoms with E-state index in [4.69, 9.17) is 16.3 Å². The molecule has 5 unspecified atom stereocenters. The number of rotatable bonds is 5. The predicted octanol–water partition coefficient (Wildman–Crippen LogP) is 1.95. The van der Waals surface area contributed by atoms with Crippen molar-refractivity contribution >= 4 is 34.7 Å². The maximum atomic E-state index is 12.9. The minimum atomic E-state index is -4.72. The molecule has 0 aliphatic carbocycles. The van der Waals surface area contributed by atoms with Gasteiger partial charge in [0.25, 0.3) is 5.19 Å². The zero-order valence-electron chi connectivity index (χ0n) is 16.2. The van der Waals surface area contributed by atoms with Gasteiger partial charge in [-0.2, -0.15) is 13.2 Å². The van der Waals surface area contributed by atoms with Crippen LogP contribution in [0.2, 0.25) is 5.02 Å². The van der Waals surface area contributed by atoms with Crippen LogP contribution in [-0.2, 0) is 10.9 Å². The monoisotopic (exact) mass is 525 g/mol. The van der Waals surface area contributed by atoms with Gasteiger partial charge in [0.1, 0.15) is 41.2 Å². The Balaban J connectivity index is 1.59. The van der Waals surface area contributed by atoms with Gasteiger partial charge in [-0.25, -0.2) is 14.6 Å². The van der Waals surface area contributed by atoms with Crippen molar-refractivity contribution in [2.45, 2.75) is 40.9 Å². The second-order valence-electron chi connectivity index (χ2n) is 6.91. The van der Waals surface area contributed by atoms with Gasteiger partial charge in [0.2, 0.25) is 0 Å². The zero-order valence-corrected chi connectivity index (χ0v) is 18.6. The van der Waals surface area contributed by atoms with Gasteiger partial charge in [0.15, 0.2) is 5.69 Å². The Labute approximate surface area is 196 Å². The molecule has 0 radical (unpaired) electrons. The van der Waals surface area contributed by atoms with E-state index in [1.165, 1.54) is 16.3 Å². The molecule has 0 spiro atoms. The Morgan fingerprint density at radius 2 is 2.00 bits per heavy atom. The third-order valence-electron chi connectivity index (χ3n) is 4.76. The number of aromatic hydroxyl groups is 1. The van der Waals surface area contributed by atoms with Gasteiger partial charge in [-0.05, 0) is 6.07 Å². The minimum Gasteiger partial charge on any atom is -0.486 e. The number of aliphatic hydroxyl groups is 3. The molecule has 0 amide bonds. The van der Waals surface area contributed by atoms with Crippen LogP contribution in [-0.4, -0.2) is 75.7 Å². The van der Waals surface area contributed by atoms with Crippen LogP contribution in [0.25, 0.3) is 11.4 Å². The average molecular weight is 526 g/mol. The molecule has 4 heterocycles. The molecular formula is C17H15ClF3N5O5S2. The van der Waals surface area contributed by atoms with E-state index < -0.39 is 53.3 Å². The highest BCUT2D eigenvalue weighted by Gasteiger charge is 2.46. The SMILES string of the molecule is OCC1OC(Sc2cnc(C(F)(F)F)c(Cl)c2)C(O)C(n2cc(-c3csc(O)n3)nn2)C1O. The van der Waals surface area contributed by atoms with Crippen molar-refractivity contribution in [1.82, 2.24) is 25.0 Å². The minimum absolute atomic E-state index is 0.168. The van der Waals surface area contributed by atoms with Crippen LogP contribution in [0.5, 0.6) is 5.19 Å². The van der Waals surface area contributed by atoms with Crippen LogP contribution >= 0.6 is 34.7 Å². The number of aliphatic hydroxyl groups excluding tert-OH is 3. The summed E-state index contributed by atoms with van der Waals surface area (Å²) >= 11 is 7.51. The number of pyridine rings is 1. The molecule has 1 saturated heterocycles. The fourth-order valence-corrected chi connectivity index (χ4v) is 5.17. The number of halogens is 4. The lowest BCUT2D eigenvalue weighted by molar-refractivity contribution is -0.178. The number of ether oxygens (including phenoxy) is 1. The maximum Gasteiger partial charge on any atom is 0.434 e. The molecule has 16 heteroatoms. The summed E-state index contributed by atoms with van der Waals surface area (Å²) in [5.41, 5.74) is -1.78. The largest absolute Gasteiger partial charge is 0.486 e. The van der Waals surface area contributed by atoms with Crippen LogP contribution in [0.15, 0.2) is 28.7 Å². The summed E-state index contributed by atoms with van der Waals surface area (Å²) in [6, 6.07) is -0.0891. The lowest BCUT2D eigenvalue weighted by Crippen LogP contribution is -2.55. The molecular weight excluding hydrogens is 511 g/mol. The Morgan fingerprint density at radius 3 is 2.61 bits per heavy atom. The highest BCUT2D eigenvalue weighted by atomic mass is 35.5. The molecule has 33 heavy (non-hydrogen) atoms. The summed E-state index contributed by atoms with van der Waals surface area (Å²) in [5.74, 6) is 0. The van der Waals surface area contributed by atoms with Gasteiger partial charge < -0.3 is 25.2 Å². The molecule has 1 fully saturated rings. The molecule has 1 aliphatic heterocycles. The van der Waals surface area contributed by atoms with E-state index in [1.807, 2.05) is 0 Å². The van der Waals surface area contributed by atoms with Crippen molar-refractivity contribution in [3.05, 3.63) is 34.6 Å². The van der Waals surface area contributed by atoms with Gasteiger partial charge in [-0.1, -0.05) is 39.9 Å². The van der Waals surface area contributed by atoms with Crippen molar-refractivity contribution in [2.24, 2.45) is 0 Å². The molecule has 5 atom stereocenters. The molecule has 0 aromatic carbocycles. The van der Waals surface area contributed by atoms with E-state index in [0.717, 1.165) is 35.4 Å². The van der Waals surface area contributed by atoms with E-state index in [0.29, 0.717) is 5.69 Å². The number of aromatic nitrogens is 5. The lowest BCUT2D eigenvalue weighted by Gasteiger charge is -2.41. The lowest BCUT2D eigenvalue weighted by atomic mass is 9.97. The number of thioether (sulfide) groups is 1. The van der Waals surface area contributed by atoms with Crippen LogP contribution in [0.4, 0.5) is 13.2 Å². The first kappa shape index (κ1) is 24.1. The molecule has 1 aliphatic rings. The molecule has 3 aromatic heterocycles. The number of hydrogen-bond acceptors (Lipinski definition) is 11. The second kappa shape index (κ2) is 9.32. The summed E-state index contributed by atoms with van der Waals surface area (Å²) in [7, 11) is 0. The topological polar surface area (TPSA) is 147 Å². The van der Waals surface area contributed by atoms with Crippen molar-refractivity contribution in [3.63, 3.8) is 0 Å². The molecule has 4 N–H and O–H groups in total. The zero-order chi connectivity index (χ0) is 23.9. The Bertz CT molecular complexity index is 1130. The highest BCUT2D eigenvalue weighted by molar-refractivity contribution is 7.99. The molecule has 0 saturated carbocycles. The molecule has 10 nitrogen and oxygen atoms in total. The molecule has 4 rings (SSSR count). The van der Waals surface area contributed by atoms with Gasteiger partial charge in [-0.3, -0.25) is 0 Å². The summed E-state index contributed by atoms with van der Waals surface area (Å²) < 4.78 is 45.4. The van der Waals surface area contributed by atoms with E-state index in [9.17, 15) is 33.6 Å². The summed E-state index contributed by atoms with van der Waals surface area (Å²) in [5, 5.41) is 49.2. The van der Waals surface area contributed by atoms with E-state index in [2.05, 4.69) is 20.3 Å². The number of hydrogen-bond donors (Lipinski definition) is 4. The summed E-state index contributed by atoms with van der Waals surface area (Å²) in [6.45, 7) is -0.602. The number of thiazole rings is 1. The molecule has 178 valence electrons. The maximum absolute atomic E-state index is 12.9. The first-order chi connectivity index (χ1) is 15.6. The highest BCUT2D eigenvalue weighted by Crippen LogP contribution is 2.40. The second-order valence-corrected chi connectivity index (χ2v) is 9.33. The fraction of sp³-hybridized carbons (Fsp3) is 0.412. The first-order valence-electron chi connectivity index (χ1n) is 9.17. The van der Waals surface area contributed by atoms with Crippen molar-refractivity contribution in [2.75, 3.05) is 6.61 Å². The quantitative estimate of drug-likeness (QED) is 0.389. The van der Waals surface area contributed by atoms with Gasteiger partial charge in [0, 0.05) is 16.5 Å². The van der Waals surface area contributed by atoms with Gasteiger partial charge in [-0.15, -0.1) is 5.10 Å². The average Bonchev–Trinajstić information content (AvgIpc) is 3.38. The fourth-order valence-electron chi connectivity index (χ4n) is 3.23. The summed E-state index contributed by atoms with van der Waals surface area (Å²) in [4.78, 5) is 7.39. The van der Waals surface area contributed by atoms with Crippen LogP contribution in [0.3, 0.4) is 0 Å². The normalized spacial score (nSPS) is 26.0. The molecule has 3 aromatic rings. The Kier molecular flexibility index (Phi) is 6.82. The molecule has 0 bridgehead atoms. The van der Waals surface area contributed by atoms with Crippen LogP contribution < -0.4 is 0 Å². The van der Waals surface area contributed by atoms with Crippen molar-refractivity contribution < 1.29 is 38.3 Å². The van der Waals surface area contributed by atoms with Crippen LogP contribution in [0.1, 0.15) is 11.7 Å². The Hall–Kier alpha value is -2.01. The van der Waals surface area contributed by atoms with E-state index in [-0.39, 0.29) is 15.8 Å². The third kappa shape index (κ3) is 4.94. The van der Waals surface area contributed by atoms with Crippen molar-refractivity contribution in [3.8, 4) is 16.6 Å². The van der Waals surface area contributed by atoms with Gasteiger partial charge >= 0.3 is 6.18 Å². The predicted molar refractivity (Wildman–Crippen MR) is 110 cm³/mol. The standard InChI is InChI=1S/C17H15ClF3N5O5S2/c18-7-1-6(2-22-14(7)17(19,20)21)33-15-13(29)11(12(28)10(4-27)31-15)26-3-8(24-25-26)9-5-32-16(30)23-9/h1-3,5,10-13,15,27-29H,4H2,(H,23,30). The Morgan fingerprint density at radius 1 is 1.24 bits per heavy atom. The van der Waals surface area contributed by atoms with Crippen LogP contribution in [0, 0.1) is 0 Å². The van der Waals surface area contributed by atoms with E-state index in [1.54, 1.807) is 0 Å². The van der Waals surface area contributed by atoms with E-state index >= 15 is 0 Å². The smallest absolute Gasteiger partial charge is 0.434 e. The first-order valence-corrected chi connectivity index (χ1v) is 11.3. The number of alkyl halides is 3. The number of nitrogens with zero attached hydrogens (tertiary/aromatic N) is 5. The van der Waals surface area contributed by atoms with Gasteiger partial charge in [0.05, 0.1) is 17.8 Å². The third-order valence-corrected chi connectivity index (χ3v) is 6.80. The summed E-state index contributed by atoms with van der Waals surface area (Å²) in [6.07, 6.45) is -6.35.